The van der Waals surface area contributed by atoms with Gasteiger partial charge in [-0.1, -0.05) is 23.5 Å². The fourth-order valence-electron chi connectivity index (χ4n) is 2.44. The van der Waals surface area contributed by atoms with E-state index in [0.717, 1.165) is 10.2 Å². The zero-order chi connectivity index (χ0) is 15.1. The highest BCUT2D eigenvalue weighted by Gasteiger charge is 2.38. The molecule has 1 aromatic heterocycles. The fraction of sp³-hybridized carbons (Fsp3) is 0.385. The molecule has 1 aromatic carbocycles. The highest BCUT2D eigenvalue weighted by Crippen LogP contribution is 2.26. The van der Waals surface area contributed by atoms with Crippen molar-refractivity contribution in [2.75, 3.05) is 16.8 Å². The number of sulfone groups is 1. The molecule has 2 aromatic rings. The van der Waals surface area contributed by atoms with E-state index < -0.39 is 15.4 Å². The van der Waals surface area contributed by atoms with Crippen molar-refractivity contribution in [3.63, 3.8) is 0 Å². The second-order valence-corrected chi connectivity index (χ2v) is 9.09. The predicted molar refractivity (Wildman–Crippen MR) is 90.7 cm³/mol. The first-order valence-corrected chi connectivity index (χ1v) is 9.55. The standard InChI is InChI=1S/C13H15N3O2S3/c1-13(6-7-21(17,18)8-13)16-11(19)15-12-14-9-4-2-3-5-10(9)20-12/h2-5H,6-8H2,1H3,(H2,14,15,16,19)/t13-/m1/s1. The van der Waals surface area contributed by atoms with Crippen LogP contribution in [0.15, 0.2) is 24.3 Å². The van der Waals surface area contributed by atoms with Crippen LogP contribution in [0.4, 0.5) is 5.13 Å². The number of nitrogens with one attached hydrogen (secondary N) is 2. The number of aromatic nitrogens is 1. The Morgan fingerprint density at radius 3 is 2.86 bits per heavy atom. The summed E-state index contributed by atoms with van der Waals surface area (Å²) in [6, 6.07) is 7.84. The Kier molecular flexibility index (Phi) is 3.62. The summed E-state index contributed by atoms with van der Waals surface area (Å²) in [5.74, 6) is 0.321. The van der Waals surface area contributed by atoms with Gasteiger partial charge >= 0.3 is 0 Å². The predicted octanol–water partition coefficient (Wildman–Crippen LogP) is 2.16. The minimum absolute atomic E-state index is 0.113. The average Bonchev–Trinajstić information content (AvgIpc) is 2.88. The summed E-state index contributed by atoms with van der Waals surface area (Å²) in [6.07, 6.45) is 0.566. The Balaban J connectivity index is 1.69. The molecule has 21 heavy (non-hydrogen) atoms. The lowest BCUT2D eigenvalue weighted by atomic mass is 10.0. The van der Waals surface area contributed by atoms with Crippen molar-refractivity contribution in [3.05, 3.63) is 24.3 Å². The third-order valence-electron chi connectivity index (χ3n) is 3.43. The molecule has 112 valence electrons. The molecule has 3 rings (SSSR count). The molecule has 1 saturated heterocycles. The minimum Gasteiger partial charge on any atom is -0.356 e. The first-order valence-electron chi connectivity index (χ1n) is 6.50. The van der Waals surface area contributed by atoms with E-state index in [4.69, 9.17) is 12.2 Å². The first kappa shape index (κ1) is 14.7. The second-order valence-electron chi connectivity index (χ2n) is 5.47. The summed E-state index contributed by atoms with van der Waals surface area (Å²) in [7, 11) is -2.96. The van der Waals surface area contributed by atoms with Gasteiger partial charge in [0, 0.05) is 0 Å². The normalized spacial score (nSPS) is 24.0. The van der Waals surface area contributed by atoms with Gasteiger partial charge in [0.1, 0.15) is 0 Å². The summed E-state index contributed by atoms with van der Waals surface area (Å²) in [4.78, 5) is 4.44. The second kappa shape index (κ2) is 5.19. The molecule has 0 amide bonds. The molecule has 1 fully saturated rings. The van der Waals surface area contributed by atoms with E-state index in [0.29, 0.717) is 16.7 Å². The molecular formula is C13H15N3O2S3. The van der Waals surface area contributed by atoms with Gasteiger partial charge in [-0.2, -0.15) is 0 Å². The Bertz CT molecular complexity index is 767. The van der Waals surface area contributed by atoms with E-state index in [2.05, 4.69) is 15.6 Å². The Hall–Kier alpha value is -1.25. The van der Waals surface area contributed by atoms with E-state index >= 15 is 0 Å². The smallest absolute Gasteiger partial charge is 0.190 e. The average molecular weight is 341 g/mol. The molecule has 1 aliphatic heterocycles. The number of nitrogens with zero attached hydrogens (tertiary/aromatic N) is 1. The van der Waals surface area contributed by atoms with Crippen molar-refractivity contribution in [1.29, 1.82) is 0 Å². The van der Waals surface area contributed by atoms with E-state index in [-0.39, 0.29) is 11.5 Å². The van der Waals surface area contributed by atoms with Crippen molar-refractivity contribution in [1.82, 2.24) is 10.3 Å². The Morgan fingerprint density at radius 2 is 2.19 bits per heavy atom. The highest BCUT2D eigenvalue weighted by atomic mass is 32.2. The lowest BCUT2D eigenvalue weighted by molar-refractivity contribution is 0.474. The number of hydrogen-bond donors (Lipinski definition) is 2. The molecular weight excluding hydrogens is 326 g/mol. The van der Waals surface area contributed by atoms with Crippen LogP contribution < -0.4 is 10.6 Å². The monoisotopic (exact) mass is 341 g/mol. The quantitative estimate of drug-likeness (QED) is 0.816. The van der Waals surface area contributed by atoms with Crippen LogP contribution in [0.25, 0.3) is 10.2 Å². The third-order valence-corrected chi connectivity index (χ3v) is 6.49. The number of para-hydroxylation sites is 1. The van der Waals surface area contributed by atoms with E-state index in [1.807, 2.05) is 31.2 Å². The van der Waals surface area contributed by atoms with Crippen LogP contribution in [-0.4, -0.2) is 35.6 Å². The lowest BCUT2D eigenvalue weighted by Gasteiger charge is -2.25. The van der Waals surface area contributed by atoms with Crippen LogP contribution in [0.5, 0.6) is 0 Å². The third kappa shape index (κ3) is 3.33. The Labute approximate surface area is 132 Å². The molecule has 0 radical (unpaired) electrons. The van der Waals surface area contributed by atoms with Crippen LogP contribution in [0, 0.1) is 0 Å². The number of benzene rings is 1. The molecule has 1 atom stereocenters. The molecule has 1 aliphatic rings. The van der Waals surface area contributed by atoms with Crippen molar-refractivity contribution in [2.24, 2.45) is 0 Å². The molecule has 0 bridgehead atoms. The van der Waals surface area contributed by atoms with Crippen molar-refractivity contribution in [3.8, 4) is 0 Å². The topological polar surface area (TPSA) is 71.1 Å². The van der Waals surface area contributed by atoms with E-state index in [1.165, 1.54) is 11.3 Å². The Morgan fingerprint density at radius 1 is 1.43 bits per heavy atom. The number of fused-ring (bicyclic) bond motifs is 1. The summed E-state index contributed by atoms with van der Waals surface area (Å²) in [5, 5.41) is 7.27. The van der Waals surface area contributed by atoms with E-state index in [1.54, 1.807) is 0 Å². The number of thiazole rings is 1. The number of thiocarbonyl (C=S) groups is 1. The van der Waals surface area contributed by atoms with Gasteiger partial charge in [-0.3, -0.25) is 0 Å². The first-order chi connectivity index (χ1) is 9.85. The van der Waals surface area contributed by atoms with Crippen LogP contribution in [0.1, 0.15) is 13.3 Å². The zero-order valence-electron chi connectivity index (χ0n) is 11.4. The van der Waals surface area contributed by atoms with Gasteiger partial charge < -0.3 is 10.6 Å². The molecule has 8 heteroatoms. The van der Waals surface area contributed by atoms with Gasteiger partial charge in [0.05, 0.1) is 27.3 Å². The molecule has 0 unspecified atom stereocenters. The SMILES string of the molecule is C[C@@]1(NC(=S)Nc2nc3ccccc3s2)CCS(=O)(=O)C1. The summed E-state index contributed by atoms with van der Waals surface area (Å²) < 4.78 is 24.3. The van der Waals surface area contributed by atoms with Gasteiger partial charge in [0.2, 0.25) is 0 Å². The van der Waals surface area contributed by atoms with Crippen molar-refractivity contribution >= 4 is 53.9 Å². The molecule has 0 spiro atoms. The van der Waals surface area contributed by atoms with Gasteiger partial charge in [-0.05, 0) is 37.7 Å². The fourth-order valence-corrected chi connectivity index (χ4v) is 5.81. The maximum atomic E-state index is 11.6. The van der Waals surface area contributed by atoms with Crippen LogP contribution in [-0.2, 0) is 9.84 Å². The summed E-state index contributed by atoms with van der Waals surface area (Å²) in [5.41, 5.74) is 0.419. The maximum absolute atomic E-state index is 11.6. The van der Waals surface area contributed by atoms with Crippen molar-refractivity contribution in [2.45, 2.75) is 18.9 Å². The molecule has 5 nitrogen and oxygen atoms in total. The number of anilines is 1. The van der Waals surface area contributed by atoms with Gasteiger partial charge in [-0.25, -0.2) is 13.4 Å². The van der Waals surface area contributed by atoms with E-state index in [9.17, 15) is 8.42 Å². The van der Waals surface area contributed by atoms with Gasteiger partial charge in [-0.15, -0.1) is 0 Å². The molecule has 2 N–H and O–H groups in total. The molecule has 0 saturated carbocycles. The van der Waals surface area contributed by atoms with Crippen molar-refractivity contribution < 1.29 is 8.42 Å². The molecule has 0 aliphatic carbocycles. The summed E-state index contributed by atoms with van der Waals surface area (Å²) in [6.45, 7) is 1.88. The highest BCUT2D eigenvalue weighted by molar-refractivity contribution is 7.91. The van der Waals surface area contributed by atoms with Crippen LogP contribution in [0.3, 0.4) is 0 Å². The molecule has 2 heterocycles. The number of rotatable bonds is 2. The van der Waals surface area contributed by atoms with Crippen LogP contribution in [0.2, 0.25) is 0 Å². The maximum Gasteiger partial charge on any atom is 0.190 e. The largest absolute Gasteiger partial charge is 0.356 e. The minimum atomic E-state index is -2.96. The number of hydrogen-bond acceptors (Lipinski definition) is 5. The zero-order valence-corrected chi connectivity index (χ0v) is 13.9. The summed E-state index contributed by atoms with van der Waals surface area (Å²) >= 11 is 6.79. The van der Waals surface area contributed by atoms with Gasteiger partial charge in [0.25, 0.3) is 0 Å². The lowest BCUT2D eigenvalue weighted by Crippen LogP contribution is -2.48. The van der Waals surface area contributed by atoms with Gasteiger partial charge in [0.15, 0.2) is 20.1 Å². The van der Waals surface area contributed by atoms with Crippen LogP contribution >= 0.6 is 23.6 Å².